The molecule has 19 heavy (non-hydrogen) atoms. The second-order valence-corrected chi connectivity index (χ2v) is 4.18. The van der Waals surface area contributed by atoms with Gasteiger partial charge in [-0.3, -0.25) is 4.98 Å². The lowest BCUT2D eigenvalue weighted by Crippen LogP contribution is -1.88. The molecule has 2 heterocycles. The van der Waals surface area contributed by atoms with E-state index in [1.807, 2.05) is 54.6 Å². The van der Waals surface area contributed by atoms with Crippen molar-refractivity contribution in [3.8, 4) is 28.4 Å². The maximum absolute atomic E-state index is 9.78. The molecule has 92 valence electrons. The maximum Gasteiger partial charge on any atom is 0.211 e. The first-order chi connectivity index (χ1) is 9.33. The molecule has 0 atom stereocenters. The van der Waals surface area contributed by atoms with Crippen LogP contribution in [0, 0.1) is 0 Å². The molecule has 1 N–H and O–H groups in total. The molecule has 3 aromatic rings. The third-order valence-corrected chi connectivity index (χ3v) is 2.85. The van der Waals surface area contributed by atoms with Crippen LogP contribution < -0.4 is 0 Å². The Balaban J connectivity index is 2.12. The van der Waals surface area contributed by atoms with Gasteiger partial charge in [-0.05, 0) is 29.3 Å². The zero-order valence-corrected chi connectivity index (χ0v) is 10.2. The molecule has 0 unspecified atom stereocenters. The van der Waals surface area contributed by atoms with Crippen LogP contribution in [-0.2, 0) is 0 Å². The van der Waals surface area contributed by atoms with E-state index in [4.69, 9.17) is 0 Å². The Hall–Kier alpha value is -2.68. The molecular formula is C16H12N2O. The van der Waals surface area contributed by atoms with Crippen LogP contribution in [0.5, 0.6) is 5.88 Å². The minimum atomic E-state index is 0.00186. The largest absolute Gasteiger partial charge is 0.493 e. The molecule has 2 aromatic heterocycles. The number of nitrogens with zero attached hydrogens (tertiary/aromatic N) is 2. The molecule has 0 fully saturated rings. The van der Waals surface area contributed by atoms with Crippen LogP contribution in [0.4, 0.5) is 0 Å². The molecule has 0 saturated heterocycles. The van der Waals surface area contributed by atoms with Crippen molar-refractivity contribution in [3.63, 3.8) is 0 Å². The van der Waals surface area contributed by atoms with Gasteiger partial charge in [0.15, 0.2) is 0 Å². The molecule has 0 aliphatic carbocycles. The fourth-order valence-corrected chi connectivity index (χ4v) is 1.96. The van der Waals surface area contributed by atoms with Crippen LogP contribution in [0.25, 0.3) is 22.5 Å². The average molecular weight is 248 g/mol. The second kappa shape index (κ2) is 4.90. The van der Waals surface area contributed by atoms with Gasteiger partial charge in [0, 0.05) is 12.3 Å². The van der Waals surface area contributed by atoms with Crippen molar-refractivity contribution in [2.75, 3.05) is 0 Å². The van der Waals surface area contributed by atoms with Crippen molar-refractivity contribution in [3.05, 3.63) is 66.9 Å². The molecule has 0 aliphatic heterocycles. The SMILES string of the molecule is Oc1cc(-c2ccccc2)cc(-c2ccccn2)n1. The first-order valence-electron chi connectivity index (χ1n) is 6.01. The lowest BCUT2D eigenvalue weighted by atomic mass is 10.1. The van der Waals surface area contributed by atoms with E-state index in [0.29, 0.717) is 5.69 Å². The number of aromatic nitrogens is 2. The lowest BCUT2D eigenvalue weighted by molar-refractivity contribution is 0.454. The maximum atomic E-state index is 9.78. The zero-order chi connectivity index (χ0) is 13.1. The number of hydrogen-bond donors (Lipinski definition) is 1. The summed E-state index contributed by atoms with van der Waals surface area (Å²) in [6.45, 7) is 0. The van der Waals surface area contributed by atoms with Crippen LogP contribution >= 0.6 is 0 Å². The summed E-state index contributed by atoms with van der Waals surface area (Å²) in [6.07, 6.45) is 1.71. The molecule has 0 aliphatic rings. The normalized spacial score (nSPS) is 10.3. The van der Waals surface area contributed by atoms with E-state index in [9.17, 15) is 5.11 Å². The number of rotatable bonds is 2. The molecule has 3 rings (SSSR count). The second-order valence-electron chi connectivity index (χ2n) is 4.18. The van der Waals surface area contributed by atoms with E-state index < -0.39 is 0 Å². The van der Waals surface area contributed by atoms with E-state index in [1.165, 1.54) is 0 Å². The predicted molar refractivity (Wildman–Crippen MR) is 74.6 cm³/mol. The first-order valence-corrected chi connectivity index (χ1v) is 6.01. The number of hydrogen-bond acceptors (Lipinski definition) is 3. The van der Waals surface area contributed by atoms with Gasteiger partial charge < -0.3 is 5.11 Å². The van der Waals surface area contributed by atoms with Crippen molar-refractivity contribution < 1.29 is 5.11 Å². The van der Waals surface area contributed by atoms with Gasteiger partial charge in [0.2, 0.25) is 5.88 Å². The monoisotopic (exact) mass is 248 g/mol. The van der Waals surface area contributed by atoms with E-state index in [0.717, 1.165) is 16.8 Å². The molecule has 0 saturated carbocycles. The Kier molecular flexibility index (Phi) is 2.94. The molecule has 3 heteroatoms. The predicted octanol–water partition coefficient (Wildman–Crippen LogP) is 3.52. The Morgan fingerprint density at radius 2 is 1.53 bits per heavy atom. The summed E-state index contributed by atoms with van der Waals surface area (Å²) in [5, 5.41) is 9.78. The van der Waals surface area contributed by atoms with Crippen LogP contribution in [0.1, 0.15) is 0 Å². The zero-order valence-electron chi connectivity index (χ0n) is 10.2. The summed E-state index contributed by atoms with van der Waals surface area (Å²) in [5.41, 5.74) is 3.38. The van der Waals surface area contributed by atoms with Crippen LogP contribution in [0.15, 0.2) is 66.9 Å². The molecule has 0 spiro atoms. The summed E-state index contributed by atoms with van der Waals surface area (Å²) >= 11 is 0. The number of aromatic hydroxyl groups is 1. The molecule has 0 radical (unpaired) electrons. The van der Waals surface area contributed by atoms with E-state index in [1.54, 1.807) is 12.3 Å². The molecule has 1 aromatic carbocycles. The first kappa shape index (κ1) is 11.4. The van der Waals surface area contributed by atoms with E-state index >= 15 is 0 Å². The summed E-state index contributed by atoms with van der Waals surface area (Å²) < 4.78 is 0. The van der Waals surface area contributed by atoms with Crippen LogP contribution in [0.2, 0.25) is 0 Å². The van der Waals surface area contributed by atoms with Crippen molar-refractivity contribution in [1.29, 1.82) is 0 Å². The van der Waals surface area contributed by atoms with Gasteiger partial charge in [-0.1, -0.05) is 36.4 Å². The molecular weight excluding hydrogens is 236 g/mol. The molecule has 3 nitrogen and oxygen atoms in total. The number of benzene rings is 1. The Labute approximate surface area is 111 Å². The van der Waals surface area contributed by atoms with Crippen molar-refractivity contribution in [2.45, 2.75) is 0 Å². The number of pyridine rings is 2. The third kappa shape index (κ3) is 2.45. The van der Waals surface area contributed by atoms with Gasteiger partial charge in [0.25, 0.3) is 0 Å². The van der Waals surface area contributed by atoms with E-state index in [2.05, 4.69) is 9.97 Å². The fourth-order valence-electron chi connectivity index (χ4n) is 1.96. The smallest absolute Gasteiger partial charge is 0.211 e. The van der Waals surface area contributed by atoms with Gasteiger partial charge in [-0.2, -0.15) is 0 Å². The highest BCUT2D eigenvalue weighted by molar-refractivity contribution is 5.70. The third-order valence-electron chi connectivity index (χ3n) is 2.85. The van der Waals surface area contributed by atoms with Crippen LogP contribution in [-0.4, -0.2) is 15.1 Å². The van der Waals surface area contributed by atoms with Gasteiger partial charge in [0.05, 0.1) is 11.4 Å². The van der Waals surface area contributed by atoms with Crippen molar-refractivity contribution >= 4 is 0 Å². The van der Waals surface area contributed by atoms with Crippen molar-refractivity contribution in [2.24, 2.45) is 0 Å². The Morgan fingerprint density at radius 1 is 0.737 bits per heavy atom. The lowest BCUT2D eigenvalue weighted by Gasteiger charge is -2.06. The summed E-state index contributed by atoms with van der Waals surface area (Å²) in [5.74, 6) is 0.00186. The summed E-state index contributed by atoms with van der Waals surface area (Å²) in [4.78, 5) is 8.37. The molecule has 0 bridgehead atoms. The highest BCUT2D eigenvalue weighted by atomic mass is 16.3. The quantitative estimate of drug-likeness (QED) is 0.754. The van der Waals surface area contributed by atoms with Gasteiger partial charge >= 0.3 is 0 Å². The Bertz CT molecular complexity index is 624. The standard InChI is InChI=1S/C16H12N2O/c19-16-11-13(12-6-2-1-3-7-12)10-15(18-16)14-8-4-5-9-17-14/h1-11H,(H,18,19). The van der Waals surface area contributed by atoms with Gasteiger partial charge in [-0.25, -0.2) is 4.98 Å². The average Bonchev–Trinajstić information content (AvgIpc) is 2.48. The highest BCUT2D eigenvalue weighted by Gasteiger charge is 2.06. The summed E-state index contributed by atoms with van der Waals surface area (Å²) in [6, 6.07) is 19.1. The van der Waals surface area contributed by atoms with Gasteiger partial charge in [-0.15, -0.1) is 0 Å². The minimum absolute atomic E-state index is 0.00186. The van der Waals surface area contributed by atoms with Crippen molar-refractivity contribution in [1.82, 2.24) is 9.97 Å². The topological polar surface area (TPSA) is 46.0 Å². The van der Waals surface area contributed by atoms with E-state index in [-0.39, 0.29) is 5.88 Å². The minimum Gasteiger partial charge on any atom is -0.493 e. The van der Waals surface area contributed by atoms with Crippen LogP contribution in [0.3, 0.4) is 0 Å². The highest BCUT2D eigenvalue weighted by Crippen LogP contribution is 2.26. The van der Waals surface area contributed by atoms with Gasteiger partial charge in [0.1, 0.15) is 0 Å². The molecule has 0 amide bonds. The Morgan fingerprint density at radius 3 is 2.26 bits per heavy atom. The fraction of sp³-hybridized carbons (Fsp3) is 0. The summed E-state index contributed by atoms with van der Waals surface area (Å²) in [7, 11) is 0.